The maximum Gasteiger partial charge on any atom is 0.271 e. The first kappa shape index (κ1) is 18.3. The highest BCUT2D eigenvalue weighted by Crippen LogP contribution is 2.20. The molecule has 0 spiro atoms. The van der Waals surface area contributed by atoms with E-state index < -0.39 is 11.5 Å². The fourth-order valence-electron chi connectivity index (χ4n) is 2.42. The molecule has 0 aliphatic heterocycles. The van der Waals surface area contributed by atoms with Crippen LogP contribution in [0.2, 0.25) is 0 Å². The number of amides is 2. The number of thiazole rings is 1. The molecule has 0 atom stereocenters. The van der Waals surface area contributed by atoms with Crippen LogP contribution < -0.4 is 10.9 Å². The van der Waals surface area contributed by atoms with E-state index in [1.807, 2.05) is 19.1 Å². The Kier molecular flexibility index (Phi) is 5.19. The zero-order chi connectivity index (χ0) is 18.8. The van der Waals surface area contributed by atoms with Crippen molar-refractivity contribution in [2.45, 2.75) is 6.92 Å². The number of hydrogen-bond donors (Lipinski definition) is 1. The molecule has 0 bridgehead atoms. The molecule has 0 aliphatic carbocycles. The molecule has 0 radical (unpaired) electrons. The lowest BCUT2D eigenvalue weighted by molar-refractivity contribution is -0.116. The van der Waals surface area contributed by atoms with Crippen molar-refractivity contribution in [1.29, 1.82) is 0 Å². The average Bonchev–Trinajstić information content (AvgIpc) is 3.07. The van der Waals surface area contributed by atoms with Crippen LogP contribution in [0.15, 0.2) is 45.2 Å². The topological polar surface area (TPSA) is 83.8 Å². The third-order valence-corrected chi connectivity index (χ3v) is 5.03. The quantitative estimate of drug-likeness (QED) is 0.683. The summed E-state index contributed by atoms with van der Waals surface area (Å²) in [6, 6.07) is 5.48. The normalized spacial score (nSPS) is 10.7. The van der Waals surface area contributed by atoms with E-state index in [9.17, 15) is 14.4 Å². The summed E-state index contributed by atoms with van der Waals surface area (Å²) in [5.74, 6) is -0.901. The van der Waals surface area contributed by atoms with E-state index in [0.717, 1.165) is 10.0 Å². The second-order valence-electron chi connectivity index (χ2n) is 5.70. The van der Waals surface area contributed by atoms with Crippen molar-refractivity contribution in [3.63, 3.8) is 0 Å². The van der Waals surface area contributed by atoms with Gasteiger partial charge in [0.2, 0.25) is 5.91 Å². The largest absolute Gasteiger partial charge is 0.332 e. The summed E-state index contributed by atoms with van der Waals surface area (Å²) in [6.07, 6.45) is 2.82. The molecular weight excluding hydrogens is 420 g/mol. The minimum atomic E-state index is -0.550. The number of aryl methyl sites for hydroxylation is 1. The predicted molar refractivity (Wildman–Crippen MR) is 104 cm³/mol. The van der Waals surface area contributed by atoms with Crippen LogP contribution in [-0.4, -0.2) is 39.7 Å². The molecule has 0 saturated heterocycles. The Morgan fingerprint density at radius 2 is 2.15 bits per heavy atom. The van der Waals surface area contributed by atoms with Crippen LogP contribution in [0.25, 0.3) is 4.96 Å². The molecule has 9 heteroatoms. The summed E-state index contributed by atoms with van der Waals surface area (Å²) in [4.78, 5) is 42.9. The summed E-state index contributed by atoms with van der Waals surface area (Å²) < 4.78 is 2.23. The van der Waals surface area contributed by atoms with Crippen molar-refractivity contribution in [3.8, 4) is 0 Å². The Labute approximate surface area is 161 Å². The van der Waals surface area contributed by atoms with Crippen LogP contribution in [0.4, 0.5) is 5.69 Å². The Morgan fingerprint density at radius 1 is 1.38 bits per heavy atom. The second kappa shape index (κ2) is 7.38. The van der Waals surface area contributed by atoms with Gasteiger partial charge in [-0.15, -0.1) is 11.3 Å². The van der Waals surface area contributed by atoms with Gasteiger partial charge in [-0.1, -0.05) is 15.9 Å². The lowest BCUT2D eigenvalue weighted by atomic mass is 10.2. The van der Waals surface area contributed by atoms with E-state index in [2.05, 4.69) is 26.2 Å². The first-order chi connectivity index (χ1) is 12.4. The Bertz CT molecular complexity index is 1060. The number of aromatic nitrogens is 2. The van der Waals surface area contributed by atoms with Gasteiger partial charge < -0.3 is 10.2 Å². The summed E-state index contributed by atoms with van der Waals surface area (Å²) >= 11 is 4.67. The molecule has 26 heavy (non-hydrogen) atoms. The SMILES string of the molecule is Cc1cc(Br)ccc1NC(=O)CN(C)C(=O)c1cnc2sccn2c1=O. The smallest absolute Gasteiger partial charge is 0.271 e. The van der Waals surface area contributed by atoms with Gasteiger partial charge in [-0.25, -0.2) is 4.98 Å². The van der Waals surface area contributed by atoms with Gasteiger partial charge in [-0.3, -0.25) is 18.8 Å². The van der Waals surface area contributed by atoms with Crippen molar-refractivity contribution in [2.75, 3.05) is 18.9 Å². The molecule has 3 rings (SSSR count). The maximum absolute atomic E-state index is 12.5. The minimum Gasteiger partial charge on any atom is -0.332 e. The number of nitrogens with one attached hydrogen (secondary N) is 1. The molecule has 0 unspecified atom stereocenters. The summed E-state index contributed by atoms with van der Waals surface area (Å²) in [5, 5.41) is 4.48. The van der Waals surface area contributed by atoms with Gasteiger partial charge in [0.15, 0.2) is 4.96 Å². The maximum atomic E-state index is 12.5. The summed E-state index contributed by atoms with van der Waals surface area (Å²) in [5.41, 5.74) is 1.04. The lowest BCUT2D eigenvalue weighted by Crippen LogP contribution is -2.38. The first-order valence-corrected chi connectivity index (χ1v) is 9.30. The Morgan fingerprint density at radius 3 is 2.88 bits per heavy atom. The van der Waals surface area contributed by atoms with Crippen LogP contribution in [0.5, 0.6) is 0 Å². The number of benzene rings is 1. The van der Waals surface area contributed by atoms with E-state index in [0.29, 0.717) is 10.6 Å². The molecule has 3 aromatic rings. The number of anilines is 1. The lowest BCUT2D eigenvalue weighted by Gasteiger charge is -2.17. The number of carbonyl (C=O) groups is 2. The van der Waals surface area contributed by atoms with E-state index in [-0.39, 0.29) is 18.0 Å². The molecule has 2 aromatic heterocycles. The first-order valence-electron chi connectivity index (χ1n) is 7.63. The summed E-state index contributed by atoms with van der Waals surface area (Å²) in [6.45, 7) is 1.69. The molecule has 2 heterocycles. The van der Waals surface area contributed by atoms with Gasteiger partial charge in [0.25, 0.3) is 11.5 Å². The number of carbonyl (C=O) groups excluding carboxylic acids is 2. The molecule has 0 saturated carbocycles. The van der Waals surface area contributed by atoms with Gasteiger partial charge >= 0.3 is 0 Å². The molecule has 134 valence electrons. The van der Waals surface area contributed by atoms with Crippen LogP contribution in [0, 0.1) is 6.92 Å². The van der Waals surface area contributed by atoms with E-state index in [4.69, 9.17) is 0 Å². The molecule has 0 fully saturated rings. The minimum absolute atomic E-state index is 0.0731. The zero-order valence-electron chi connectivity index (χ0n) is 14.0. The fourth-order valence-corrected chi connectivity index (χ4v) is 3.57. The highest BCUT2D eigenvalue weighted by atomic mass is 79.9. The number of rotatable bonds is 4. The number of fused-ring (bicyclic) bond motifs is 1. The predicted octanol–water partition coefficient (Wildman–Crippen LogP) is 2.54. The van der Waals surface area contributed by atoms with Crippen molar-refractivity contribution in [2.24, 2.45) is 0 Å². The standard InChI is InChI=1S/C17H15BrN4O3S/c1-10-7-11(18)3-4-13(10)20-14(23)9-21(2)15(24)12-8-19-17-22(16(12)25)5-6-26-17/h3-8H,9H2,1-2H3,(H,20,23). The second-order valence-corrected chi connectivity index (χ2v) is 7.49. The molecule has 1 aromatic carbocycles. The van der Waals surface area contributed by atoms with Crippen molar-refractivity contribution in [3.05, 3.63) is 61.9 Å². The van der Waals surface area contributed by atoms with E-state index in [1.165, 1.54) is 33.9 Å². The van der Waals surface area contributed by atoms with Crippen LogP contribution in [-0.2, 0) is 4.79 Å². The Balaban J connectivity index is 1.73. The molecule has 1 N–H and O–H groups in total. The highest BCUT2D eigenvalue weighted by molar-refractivity contribution is 9.10. The third-order valence-electron chi connectivity index (χ3n) is 3.76. The molecule has 7 nitrogen and oxygen atoms in total. The van der Waals surface area contributed by atoms with Crippen molar-refractivity contribution in [1.82, 2.24) is 14.3 Å². The van der Waals surface area contributed by atoms with Gasteiger partial charge in [0, 0.05) is 35.0 Å². The molecule has 2 amide bonds. The van der Waals surface area contributed by atoms with E-state index in [1.54, 1.807) is 17.6 Å². The van der Waals surface area contributed by atoms with Crippen LogP contribution in [0.1, 0.15) is 15.9 Å². The number of nitrogens with zero attached hydrogens (tertiary/aromatic N) is 3. The Hall–Kier alpha value is -2.52. The number of halogens is 1. The fraction of sp³-hybridized carbons (Fsp3) is 0.176. The van der Waals surface area contributed by atoms with Crippen molar-refractivity contribution < 1.29 is 9.59 Å². The van der Waals surface area contributed by atoms with Crippen LogP contribution in [0.3, 0.4) is 0 Å². The van der Waals surface area contributed by atoms with Gasteiger partial charge in [0.1, 0.15) is 5.56 Å². The van der Waals surface area contributed by atoms with Crippen LogP contribution >= 0.6 is 27.3 Å². The number of likely N-dealkylation sites (N-methyl/N-ethyl adjacent to an activating group) is 1. The van der Waals surface area contributed by atoms with Crippen molar-refractivity contribution >= 4 is 49.7 Å². The average molecular weight is 435 g/mol. The third kappa shape index (κ3) is 3.68. The zero-order valence-corrected chi connectivity index (χ0v) is 16.4. The van der Waals surface area contributed by atoms with Gasteiger partial charge in [-0.2, -0.15) is 0 Å². The highest BCUT2D eigenvalue weighted by Gasteiger charge is 2.20. The number of hydrogen-bond acceptors (Lipinski definition) is 5. The summed E-state index contributed by atoms with van der Waals surface area (Å²) in [7, 11) is 1.47. The molecular formula is C17H15BrN4O3S. The van der Waals surface area contributed by atoms with Gasteiger partial charge in [0.05, 0.1) is 6.54 Å². The molecule has 0 aliphatic rings. The van der Waals surface area contributed by atoms with E-state index >= 15 is 0 Å². The van der Waals surface area contributed by atoms with Gasteiger partial charge in [-0.05, 0) is 30.7 Å². The monoisotopic (exact) mass is 434 g/mol.